The summed E-state index contributed by atoms with van der Waals surface area (Å²) in [5, 5.41) is 9.62. The van der Waals surface area contributed by atoms with Crippen molar-refractivity contribution in [2.24, 2.45) is 0 Å². The number of carbonyl (C=O) groups is 1. The van der Waals surface area contributed by atoms with E-state index in [1.54, 1.807) is 18.2 Å². The van der Waals surface area contributed by atoms with Gasteiger partial charge < -0.3 is 16.0 Å². The number of benzene rings is 3. The van der Waals surface area contributed by atoms with Crippen LogP contribution in [0.5, 0.6) is 0 Å². The second-order valence-corrected chi connectivity index (χ2v) is 7.95. The van der Waals surface area contributed by atoms with Gasteiger partial charge in [-0.05, 0) is 95.8 Å². The third-order valence-corrected chi connectivity index (χ3v) is 5.40. The van der Waals surface area contributed by atoms with Crippen LogP contribution in [0.3, 0.4) is 0 Å². The molecule has 0 aromatic heterocycles. The van der Waals surface area contributed by atoms with Crippen molar-refractivity contribution >= 4 is 57.2 Å². The van der Waals surface area contributed by atoms with Crippen molar-refractivity contribution in [1.82, 2.24) is 5.32 Å². The lowest BCUT2D eigenvalue weighted by Gasteiger charge is -2.17. The Bertz CT molecular complexity index is 1010. The predicted octanol–water partition coefficient (Wildman–Crippen LogP) is 5.73. The lowest BCUT2D eigenvalue weighted by molar-refractivity contribution is 0.102. The maximum Gasteiger partial charge on any atom is 0.256 e. The molecule has 0 saturated heterocycles. The number of amides is 1. The number of nitrogens with one attached hydrogen (secondary N) is 3. The van der Waals surface area contributed by atoms with Crippen LogP contribution < -0.4 is 16.0 Å². The number of hydrogen-bond donors (Lipinski definition) is 3. The fourth-order valence-electron chi connectivity index (χ4n) is 2.68. The van der Waals surface area contributed by atoms with Crippen molar-refractivity contribution in [2.75, 3.05) is 10.6 Å². The van der Waals surface area contributed by atoms with Crippen molar-refractivity contribution in [3.63, 3.8) is 0 Å². The molecule has 3 aromatic carbocycles. The maximum atomic E-state index is 13.0. The fraction of sp³-hybridized carbons (Fsp3) is 0.0909. The summed E-state index contributed by atoms with van der Waals surface area (Å²) in [5.74, 6) is -0.420. The van der Waals surface area contributed by atoms with Crippen LogP contribution in [0, 0.1) is 9.39 Å². The second kappa shape index (κ2) is 9.80. The van der Waals surface area contributed by atoms with Gasteiger partial charge in [0.2, 0.25) is 0 Å². The van der Waals surface area contributed by atoms with E-state index in [-0.39, 0.29) is 17.8 Å². The number of halogens is 2. The molecule has 7 heteroatoms. The molecule has 0 aliphatic rings. The first-order chi connectivity index (χ1) is 13.9. The van der Waals surface area contributed by atoms with Gasteiger partial charge in [0.1, 0.15) is 5.82 Å². The van der Waals surface area contributed by atoms with Gasteiger partial charge in [0.05, 0.1) is 11.6 Å². The normalized spacial score (nSPS) is 11.4. The summed E-state index contributed by atoms with van der Waals surface area (Å²) in [7, 11) is 0. The van der Waals surface area contributed by atoms with Crippen molar-refractivity contribution in [2.45, 2.75) is 13.0 Å². The second-order valence-electron chi connectivity index (χ2n) is 6.38. The van der Waals surface area contributed by atoms with Gasteiger partial charge in [-0.1, -0.05) is 24.3 Å². The minimum Gasteiger partial charge on any atom is -0.356 e. The molecule has 4 nitrogen and oxygen atoms in total. The predicted molar refractivity (Wildman–Crippen MR) is 128 cm³/mol. The highest BCUT2D eigenvalue weighted by molar-refractivity contribution is 14.1. The summed E-state index contributed by atoms with van der Waals surface area (Å²) >= 11 is 7.49. The summed E-state index contributed by atoms with van der Waals surface area (Å²) in [4.78, 5) is 12.4. The SMILES string of the molecule is CC(NC(=S)Nc1ccc(NC(=O)c2ccccc2I)cc1)c1ccc(F)cc1. The highest BCUT2D eigenvalue weighted by atomic mass is 127. The molecule has 148 valence electrons. The molecular weight excluding hydrogens is 500 g/mol. The van der Waals surface area contributed by atoms with Gasteiger partial charge in [0.25, 0.3) is 5.91 Å². The molecule has 3 rings (SSSR count). The van der Waals surface area contributed by atoms with Crippen LogP contribution >= 0.6 is 34.8 Å². The van der Waals surface area contributed by atoms with Gasteiger partial charge >= 0.3 is 0 Å². The first-order valence-electron chi connectivity index (χ1n) is 8.91. The van der Waals surface area contributed by atoms with Crippen LogP contribution in [-0.4, -0.2) is 11.0 Å². The number of hydrogen-bond acceptors (Lipinski definition) is 2. The molecule has 1 unspecified atom stereocenters. The number of anilines is 2. The highest BCUT2D eigenvalue weighted by Crippen LogP contribution is 2.18. The lowest BCUT2D eigenvalue weighted by atomic mass is 10.1. The van der Waals surface area contributed by atoms with Crippen LogP contribution in [-0.2, 0) is 0 Å². The summed E-state index contributed by atoms with van der Waals surface area (Å²) < 4.78 is 13.9. The van der Waals surface area contributed by atoms with Gasteiger partial charge in [-0.15, -0.1) is 0 Å². The molecule has 0 fully saturated rings. The van der Waals surface area contributed by atoms with E-state index in [1.807, 2.05) is 49.4 Å². The first kappa shape index (κ1) is 21.2. The van der Waals surface area contributed by atoms with E-state index in [4.69, 9.17) is 12.2 Å². The monoisotopic (exact) mass is 519 g/mol. The number of rotatable bonds is 5. The zero-order valence-corrected chi connectivity index (χ0v) is 18.6. The molecule has 0 saturated carbocycles. The Balaban J connectivity index is 1.56. The van der Waals surface area contributed by atoms with Crippen molar-refractivity contribution in [3.8, 4) is 0 Å². The van der Waals surface area contributed by atoms with Gasteiger partial charge in [-0.2, -0.15) is 0 Å². The summed E-state index contributed by atoms with van der Waals surface area (Å²) in [6, 6.07) is 20.9. The zero-order valence-electron chi connectivity index (χ0n) is 15.6. The Kier molecular flexibility index (Phi) is 7.16. The average Bonchev–Trinajstić information content (AvgIpc) is 2.70. The van der Waals surface area contributed by atoms with Crippen LogP contribution in [0.15, 0.2) is 72.8 Å². The smallest absolute Gasteiger partial charge is 0.256 e. The maximum absolute atomic E-state index is 13.0. The molecule has 1 amide bonds. The summed E-state index contributed by atoms with van der Waals surface area (Å²) in [6.07, 6.45) is 0. The van der Waals surface area contributed by atoms with Crippen molar-refractivity contribution < 1.29 is 9.18 Å². The molecule has 0 radical (unpaired) electrons. The molecule has 0 bridgehead atoms. The Morgan fingerprint density at radius 3 is 2.14 bits per heavy atom. The molecule has 0 heterocycles. The van der Waals surface area contributed by atoms with Crippen LogP contribution in [0.25, 0.3) is 0 Å². The molecule has 0 aliphatic heterocycles. The van der Waals surface area contributed by atoms with Gasteiger partial charge in [0.15, 0.2) is 5.11 Å². The molecule has 0 spiro atoms. The standard InChI is InChI=1S/C22H19FIN3OS/c1-14(15-6-8-16(23)9-7-15)25-22(29)27-18-12-10-17(11-13-18)26-21(28)19-4-2-3-5-20(19)24/h2-14H,1H3,(H,26,28)(H2,25,27,29). The van der Waals surface area contributed by atoms with Gasteiger partial charge in [-0.3, -0.25) is 4.79 Å². The van der Waals surface area contributed by atoms with Gasteiger partial charge in [-0.25, -0.2) is 4.39 Å². The van der Waals surface area contributed by atoms with E-state index in [0.717, 1.165) is 14.8 Å². The quantitative estimate of drug-likeness (QED) is 0.298. The van der Waals surface area contributed by atoms with Crippen LogP contribution in [0.4, 0.5) is 15.8 Å². The number of thiocarbonyl (C=S) groups is 1. The van der Waals surface area contributed by atoms with Crippen LogP contribution in [0.1, 0.15) is 28.9 Å². The van der Waals surface area contributed by atoms with E-state index in [2.05, 4.69) is 38.5 Å². The Morgan fingerprint density at radius 2 is 1.52 bits per heavy atom. The molecule has 3 N–H and O–H groups in total. The average molecular weight is 519 g/mol. The van der Waals surface area contributed by atoms with Crippen LogP contribution in [0.2, 0.25) is 0 Å². The minimum atomic E-state index is -0.268. The third-order valence-electron chi connectivity index (χ3n) is 4.24. The largest absolute Gasteiger partial charge is 0.356 e. The fourth-order valence-corrected chi connectivity index (χ4v) is 3.61. The molecule has 0 aliphatic carbocycles. The lowest BCUT2D eigenvalue weighted by Crippen LogP contribution is -2.30. The topological polar surface area (TPSA) is 53.2 Å². The van der Waals surface area contributed by atoms with E-state index in [9.17, 15) is 9.18 Å². The molecule has 29 heavy (non-hydrogen) atoms. The Hall–Kier alpha value is -2.52. The highest BCUT2D eigenvalue weighted by Gasteiger charge is 2.10. The van der Waals surface area contributed by atoms with E-state index >= 15 is 0 Å². The minimum absolute atomic E-state index is 0.0671. The first-order valence-corrected chi connectivity index (χ1v) is 10.4. The van der Waals surface area contributed by atoms with E-state index < -0.39 is 0 Å². The Morgan fingerprint density at radius 1 is 0.931 bits per heavy atom. The summed E-state index contributed by atoms with van der Waals surface area (Å²) in [5.41, 5.74) is 3.06. The van der Waals surface area contributed by atoms with E-state index in [0.29, 0.717) is 16.4 Å². The molecule has 3 aromatic rings. The number of carbonyl (C=O) groups excluding carboxylic acids is 1. The van der Waals surface area contributed by atoms with E-state index in [1.165, 1.54) is 12.1 Å². The van der Waals surface area contributed by atoms with Gasteiger partial charge in [0, 0.05) is 14.9 Å². The Labute approximate surface area is 188 Å². The zero-order chi connectivity index (χ0) is 20.8. The van der Waals surface area contributed by atoms with Crippen molar-refractivity contribution in [1.29, 1.82) is 0 Å². The summed E-state index contributed by atoms with van der Waals surface area (Å²) in [6.45, 7) is 1.95. The third kappa shape index (κ3) is 5.98. The molecule has 1 atom stereocenters. The van der Waals surface area contributed by atoms with Crippen molar-refractivity contribution in [3.05, 3.63) is 93.3 Å². The molecular formula is C22H19FIN3OS.